The zero-order chi connectivity index (χ0) is 24.0. The predicted octanol–water partition coefficient (Wildman–Crippen LogP) is 3.55. The maximum absolute atomic E-state index is 12.9. The van der Waals surface area contributed by atoms with Crippen LogP contribution in [-0.2, 0) is 16.6 Å². The van der Waals surface area contributed by atoms with E-state index < -0.39 is 15.9 Å². The van der Waals surface area contributed by atoms with Gasteiger partial charge in [0.15, 0.2) is 11.5 Å². The fourth-order valence-corrected chi connectivity index (χ4v) is 5.62. The van der Waals surface area contributed by atoms with Gasteiger partial charge < -0.3 is 19.1 Å². The minimum atomic E-state index is -3.87. The Kier molecular flexibility index (Phi) is 8.20. The van der Waals surface area contributed by atoms with E-state index in [9.17, 15) is 13.2 Å². The topological polar surface area (TPSA) is 85.4 Å². The molecule has 0 spiro atoms. The monoisotopic (exact) mass is 476 g/mol. The van der Waals surface area contributed by atoms with Gasteiger partial charge in [-0.15, -0.1) is 0 Å². The van der Waals surface area contributed by atoms with Crippen molar-refractivity contribution in [3.63, 3.8) is 0 Å². The SMILES string of the molecule is COc1ccccc1CN(C)CCCCCCN1C(=O)c2cc(OC)c(OC)cc2S1(=O)=O. The summed E-state index contributed by atoms with van der Waals surface area (Å²) in [4.78, 5) is 15.0. The molecule has 0 unspecified atom stereocenters. The van der Waals surface area contributed by atoms with Crippen molar-refractivity contribution in [2.75, 3.05) is 41.5 Å². The maximum Gasteiger partial charge on any atom is 0.269 e. The molecule has 0 bridgehead atoms. The summed E-state index contributed by atoms with van der Waals surface area (Å²) in [5.74, 6) is 0.991. The molecule has 2 aromatic carbocycles. The molecule has 1 aliphatic rings. The molecule has 0 fully saturated rings. The lowest BCUT2D eigenvalue weighted by molar-refractivity contribution is 0.0869. The third-order valence-corrected chi connectivity index (χ3v) is 7.62. The van der Waals surface area contributed by atoms with Gasteiger partial charge in [-0.25, -0.2) is 12.7 Å². The van der Waals surface area contributed by atoms with Crippen molar-refractivity contribution in [1.82, 2.24) is 9.21 Å². The van der Waals surface area contributed by atoms with Gasteiger partial charge in [-0.3, -0.25) is 4.79 Å². The van der Waals surface area contributed by atoms with Gasteiger partial charge in [0, 0.05) is 24.7 Å². The van der Waals surface area contributed by atoms with E-state index in [0.29, 0.717) is 12.2 Å². The van der Waals surface area contributed by atoms with E-state index in [-0.39, 0.29) is 22.8 Å². The summed E-state index contributed by atoms with van der Waals surface area (Å²) in [6.07, 6.45) is 3.39. The number of amides is 1. The average molecular weight is 477 g/mol. The number of benzene rings is 2. The number of nitrogens with zero attached hydrogens (tertiary/aromatic N) is 2. The molecule has 3 rings (SSSR count). The molecule has 0 N–H and O–H groups in total. The largest absolute Gasteiger partial charge is 0.496 e. The van der Waals surface area contributed by atoms with E-state index >= 15 is 0 Å². The first-order valence-corrected chi connectivity index (χ1v) is 12.4. The van der Waals surface area contributed by atoms with Crippen LogP contribution in [0.1, 0.15) is 41.6 Å². The maximum atomic E-state index is 12.9. The van der Waals surface area contributed by atoms with Crippen LogP contribution in [-0.4, -0.2) is 65.0 Å². The van der Waals surface area contributed by atoms with E-state index in [1.807, 2.05) is 18.2 Å². The highest BCUT2D eigenvalue weighted by Gasteiger charge is 2.41. The quantitative estimate of drug-likeness (QED) is 0.433. The molecule has 1 heterocycles. The molecule has 0 aromatic heterocycles. The van der Waals surface area contributed by atoms with Gasteiger partial charge in [0.25, 0.3) is 15.9 Å². The average Bonchev–Trinajstić information content (AvgIpc) is 3.00. The molecule has 2 aromatic rings. The first-order chi connectivity index (χ1) is 15.8. The highest BCUT2D eigenvalue weighted by Crippen LogP contribution is 2.38. The van der Waals surface area contributed by atoms with Gasteiger partial charge in [0.2, 0.25) is 0 Å². The third kappa shape index (κ3) is 5.42. The number of carbonyl (C=O) groups excluding carboxylic acids is 1. The Balaban J connectivity index is 1.47. The lowest BCUT2D eigenvalue weighted by atomic mass is 10.1. The minimum Gasteiger partial charge on any atom is -0.496 e. The second kappa shape index (κ2) is 10.9. The second-order valence-electron chi connectivity index (χ2n) is 8.05. The first-order valence-electron chi connectivity index (χ1n) is 11.0. The molecule has 8 nitrogen and oxygen atoms in total. The molecule has 0 saturated carbocycles. The number of hydrogen-bond donors (Lipinski definition) is 0. The van der Waals surface area contributed by atoms with Crippen molar-refractivity contribution in [3.8, 4) is 17.2 Å². The van der Waals surface area contributed by atoms with Gasteiger partial charge in [-0.1, -0.05) is 31.0 Å². The lowest BCUT2D eigenvalue weighted by Gasteiger charge is -2.18. The van der Waals surface area contributed by atoms with Crippen LogP contribution in [0, 0.1) is 0 Å². The summed E-state index contributed by atoms with van der Waals surface area (Å²) >= 11 is 0. The predicted molar refractivity (Wildman–Crippen MR) is 126 cm³/mol. The van der Waals surface area contributed by atoms with Gasteiger partial charge in [-0.05, 0) is 38.6 Å². The molecule has 9 heteroatoms. The molecule has 0 radical (unpaired) electrons. The van der Waals surface area contributed by atoms with E-state index in [4.69, 9.17) is 14.2 Å². The molecule has 0 atom stereocenters. The minimum absolute atomic E-state index is 0.0249. The van der Waals surface area contributed by atoms with Crippen molar-refractivity contribution >= 4 is 15.9 Å². The molecule has 1 amide bonds. The number of unbranched alkanes of at least 4 members (excludes halogenated alkanes) is 3. The smallest absolute Gasteiger partial charge is 0.269 e. The summed E-state index contributed by atoms with van der Waals surface area (Å²) in [6, 6.07) is 10.8. The number of ether oxygens (including phenoxy) is 3. The lowest BCUT2D eigenvalue weighted by Crippen LogP contribution is -2.31. The molecule has 180 valence electrons. The molecule has 1 aliphatic heterocycles. The van der Waals surface area contributed by atoms with E-state index in [1.165, 1.54) is 26.4 Å². The molecular formula is C24H32N2O6S. The Morgan fingerprint density at radius 3 is 2.21 bits per heavy atom. The molecule has 0 aliphatic carbocycles. The standard InChI is InChI=1S/C24H32N2O6S/c1-25(17-18-11-7-8-12-20(18)30-2)13-9-5-6-10-14-26-24(27)19-15-21(31-3)22(32-4)16-23(19)33(26,28)29/h7-8,11-12,15-16H,5-6,9-10,13-14,17H2,1-4H3. The number of rotatable bonds is 12. The van der Waals surface area contributed by atoms with Crippen molar-refractivity contribution in [1.29, 1.82) is 0 Å². The van der Waals surface area contributed by atoms with Crippen LogP contribution in [0.25, 0.3) is 0 Å². The van der Waals surface area contributed by atoms with Crippen LogP contribution < -0.4 is 14.2 Å². The summed E-state index contributed by atoms with van der Waals surface area (Å²) in [5.41, 5.74) is 1.28. The summed E-state index contributed by atoms with van der Waals surface area (Å²) in [7, 11) is 2.75. The summed E-state index contributed by atoms with van der Waals surface area (Å²) < 4.78 is 42.5. The van der Waals surface area contributed by atoms with Crippen LogP contribution in [0.4, 0.5) is 0 Å². The van der Waals surface area contributed by atoms with Gasteiger partial charge in [-0.2, -0.15) is 0 Å². The molecule has 33 heavy (non-hydrogen) atoms. The molecular weight excluding hydrogens is 444 g/mol. The number of fused-ring (bicyclic) bond motifs is 1. The fraction of sp³-hybridized carbons (Fsp3) is 0.458. The highest BCUT2D eigenvalue weighted by atomic mass is 32.2. The third-order valence-electron chi connectivity index (χ3n) is 5.79. The first kappa shape index (κ1) is 24.9. The highest BCUT2D eigenvalue weighted by molar-refractivity contribution is 7.90. The Bertz CT molecular complexity index is 1090. The van der Waals surface area contributed by atoms with E-state index in [0.717, 1.165) is 48.0 Å². The zero-order valence-corrected chi connectivity index (χ0v) is 20.5. The summed E-state index contributed by atoms with van der Waals surface area (Å²) in [5, 5.41) is 0. The number of carbonyl (C=O) groups is 1. The van der Waals surface area contributed by atoms with Crippen molar-refractivity contribution < 1.29 is 27.4 Å². The van der Waals surface area contributed by atoms with Crippen LogP contribution in [0.5, 0.6) is 17.2 Å². The van der Waals surface area contributed by atoms with Crippen molar-refractivity contribution in [2.45, 2.75) is 37.1 Å². The number of methoxy groups -OCH3 is 3. The van der Waals surface area contributed by atoms with Gasteiger partial charge in [0.05, 0.1) is 26.9 Å². The van der Waals surface area contributed by atoms with Crippen LogP contribution >= 0.6 is 0 Å². The van der Waals surface area contributed by atoms with E-state index in [2.05, 4.69) is 18.0 Å². The van der Waals surface area contributed by atoms with Crippen molar-refractivity contribution in [2.24, 2.45) is 0 Å². The Hall–Kier alpha value is -2.78. The van der Waals surface area contributed by atoms with Gasteiger partial charge >= 0.3 is 0 Å². The normalized spacial score (nSPS) is 14.5. The summed E-state index contributed by atoms with van der Waals surface area (Å²) in [6.45, 7) is 1.89. The Morgan fingerprint density at radius 2 is 1.52 bits per heavy atom. The number of sulfonamides is 1. The molecule has 0 saturated heterocycles. The number of para-hydroxylation sites is 1. The number of hydrogen-bond acceptors (Lipinski definition) is 7. The van der Waals surface area contributed by atoms with E-state index in [1.54, 1.807) is 7.11 Å². The van der Waals surface area contributed by atoms with Crippen molar-refractivity contribution in [3.05, 3.63) is 47.5 Å². The van der Waals surface area contributed by atoms with Crippen LogP contribution in [0.3, 0.4) is 0 Å². The van der Waals surface area contributed by atoms with Crippen LogP contribution in [0.15, 0.2) is 41.3 Å². The fourth-order valence-electron chi connectivity index (χ4n) is 4.02. The second-order valence-corrected chi connectivity index (χ2v) is 9.88. The zero-order valence-electron chi connectivity index (χ0n) is 19.7. The Morgan fingerprint density at radius 1 is 0.879 bits per heavy atom. The van der Waals surface area contributed by atoms with Crippen LogP contribution in [0.2, 0.25) is 0 Å². The van der Waals surface area contributed by atoms with Gasteiger partial charge in [0.1, 0.15) is 10.6 Å². The Labute approximate surface area is 196 Å².